The first-order chi connectivity index (χ1) is 9.26. The van der Waals surface area contributed by atoms with Crippen LogP contribution in [0, 0.1) is 13.8 Å². The van der Waals surface area contributed by atoms with Gasteiger partial charge in [0.05, 0.1) is 23.5 Å². The van der Waals surface area contributed by atoms with E-state index in [1.807, 2.05) is 0 Å². The maximum atomic E-state index is 12.8. The summed E-state index contributed by atoms with van der Waals surface area (Å²) in [5, 5.41) is 14.2. The molecule has 0 aromatic carbocycles. The van der Waals surface area contributed by atoms with Gasteiger partial charge >= 0.3 is 0 Å². The van der Waals surface area contributed by atoms with Crippen molar-refractivity contribution in [3.05, 3.63) is 11.4 Å². The fourth-order valence-electron chi connectivity index (χ4n) is 2.97. The molecule has 1 saturated carbocycles. The Labute approximate surface area is 120 Å². The van der Waals surface area contributed by atoms with Crippen LogP contribution in [-0.2, 0) is 17.1 Å². The van der Waals surface area contributed by atoms with Gasteiger partial charge in [-0.05, 0) is 26.7 Å². The SMILES string of the molecule is Cc1nn(C)c(C)c1S(=O)(=O)N(C)C1CCCCC1O. The predicted octanol–water partition coefficient (Wildman–Crippen LogP) is 0.961. The van der Waals surface area contributed by atoms with Crippen molar-refractivity contribution in [2.45, 2.75) is 56.6 Å². The topological polar surface area (TPSA) is 75.4 Å². The molecule has 20 heavy (non-hydrogen) atoms. The Hall–Kier alpha value is -0.920. The van der Waals surface area contributed by atoms with Gasteiger partial charge in [-0.25, -0.2) is 8.42 Å². The van der Waals surface area contributed by atoms with E-state index in [1.54, 1.807) is 32.6 Å². The van der Waals surface area contributed by atoms with Crippen LogP contribution in [0.5, 0.6) is 0 Å². The summed E-state index contributed by atoms with van der Waals surface area (Å²) in [6, 6.07) is -0.340. The average molecular weight is 301 g/mol. The third-order valence-corrected chi connectivity index (χ3v) is 6.38. The maximum absolute atomic E-state index is 12.8. The van der Waals surface area contributed by atoms with E-state index >= 15 is 0 Å². The van der Waals surface area contributed by atoms with Gasteiger partial charge < -0.3 is 5.11 Å². The van der Waals surface area contributed by atoms with E-state index in [1.165, 1.54) is 4.31 Å². The van der Waals surface area contributed by atoms with Crippen LogP contribution in [0.4, 0.5) is 0 Å². The van der Waals surface area contributed by atoms with E-state index < -0.39 is 16.1 Å². The van der Waals surface area contributed by atoms with Gasteiger partial charge in [-0.15, -0.1) is 0 Å². The molecule has 1 fully saturated rings. The van der Waals surface area contributed by atoms with Crippen molar-refractivity contribution < 1.29 is 13.5 Å². The highest BCUT2D eigenvalue weighted by Crippen LogP contribution is 2.29. The van der Waals surface area contributed by atoms with Crippen LogP contribution in [0.1, 0.15) is 37.1 Å². The average Bonchev–Trinajstić information content (AvgIpc) is 2.63. The minimum Gasteiger partial charge on any atom is -0.391 e. The van der Waals surface area contributed by atoms with Crippen LogP contribution in [0.2, 0.25) is 0 Å². The molecule has 114 valence electrons. The molecule has 2 rings (SSSR count). The number of sulfonamides is 1. The molecular weight excluding hydrogens is 278 g/mol. The van der Waals surface area contributed by atoms with Gasteiger partial charge in [0, 0.05) is 14.1 Å². The number of aliphatic hydroxyl groups excluding tert-OH is 1. The molecule has 1 aliphatic carbocycles. The Kier molecular flexibility index (Phi) is 4.22. The molecule has 1 aliphatic rings. The van der Waals surface area contributed by atoms with Gasteiger partial charge in [0.1, 0.15) is 4.90 Å². The van der Waals surface area contributed by atoms with Gasteiger partial charge in [-0.3, -0.25) is 4.68 Å². The second-order valence-corrected chi connectivity index (χ2v) is 7.50. The van der Waals surface area contributed by atoms with Gasteiger partial charge in [0.25, 0.3) is 0 Å². The number of aromatic nitrogens is 2. The molecule has 1 heterocycles. The van der Waals surface area contributed by atoms with Crippen LogP contribution in [-0.4, -0.2) is 46.8 Å². The van der Waals surface area contributed by atoms with Crippen molar-refractivity contribution in [2.75, 3.05) is 7.05 Å². The van der Waals surface area contributed by atoms with Crippen molar-refractivity contribution >= 4 is 10.0 Å². The molecular formula is C13H23N3O3S. The second kappa shape index (κ2) is 5.46. The first kappa shape index (κ1) is 15.5. The van der Waals surface area contributed by atoms with E-state index in [4.69, 9.17) is 0 Å². The summed E-state index contributed by atoms with van der Waals surface area (Å²) in [4.78, 5) is 0.264. The largest absolute Gasteiger partial charge is 0.391 e. The van der Waals surface area contributed by atoms with Crippen LogP contribution < -0.4 is 0 Å². The molecule has 1 aromatic heterocycles. The van der Waals surface area contributed by atoms with Crippen molar-refractivity contribution in [3.63, 3.8) is 0 Å². The van der Waals surface area contributed by atoms with E-state index in [9.17, 15) is 13.5 Å². The number of aryl methyl sites for hydroxylation is 2. The van der Waals surface area contributed by atoms with Gasteiger partial charge in [0.15, 0.2) is 0 Å². The summed E-state index contributed by atoms with van der Waals surface area (Å²) in [7, 11) is -0.333. The summed E-state index contributed by atoms with van der Waals surface area (Å²) >= 11 is 0. The number of hydrogen-bond acceptors (Lipinski definition) is 4. The normalized spacial score (nSPS) is 24.3. The predicted molar refractivity (Wildman–Crippen MR) is 75.9 cm³/mol. The molecule has 6 nitrogen and oxygen atoms in total. The smallest absolute Gasteiger partial charge is 0.246 e. The number of nitrogens with zero attached hydrogens (tertiary/aromatic N) is 3. The lowest BCUT2D eigenvalue weighted by Crippen LogP contribution is -2.46. The van der Waals surface area contributed by atoms with Gasteiger partial charge in [-0.2, -0.15) is 9.40 Å². The van der Waals surface area contributed by atoms with Crippen molar-refractivity contribution in [3.8, 4) is 0 Å². The first-order valence-corrected chi connectivity index (χ1v) is 8.37. The molecule has 0 spiro atoms. The lowest BCUT2D eigenvalue weighted by atomic mass is 9.93. The van der Waals surface area contributed by atoms with Crippen LogP contribution in [0.25, 0.3) is 0 Å². The molecule has 2 unspecified atom stereocenters. The molecule has 0 bridgehead atoms. The third kappa shape index (κ3) is 2.49. The Morgan fingerprint density at radius 2 is 1.90 bits per heavy atom. The van der Waals surface area contributed by atoms with E-state index in [0.29, 0.717) is 24.2 Å². The maximum Gasteiger partial charge on any atom is 0.246 e. The number of rotatable bonds is 3. The molecule has 2 atom stereocenters. The highest BCUT2D eigenvalue weighted by molar-refractivity contribution is 7.89. The van der Waals surface area contributed by atoms with Gasteiger partial charge in [-0.1, -0.05) is 12.8 Å². The Bertz CT molecular complexity index is 594. The Morgan fingerprint density at radius 1 is 1.30 bits per heavy atom. The molecule has 1 N–H and O–H groups in total. The molecule has 1 aromatic rings. The monoisotopic (exact) mass is 301 g/mol. The quantitative estimate of drug-likeness (QED) is 0.902. The van der Waals surface area contributed by atoms with Crippen molar-refractivity contribution in [1.82, 2.24) is 14.1 Å². The van der Waals surface area contributed by atoms with Crippen LogP contribution in [0.15, 0.2) is 4.90 Å². The number of aliphatic hydroxyl groups is 1. The zero-order valence-corrected chi connectivity index (χ0v) is 13.3. The fourth-order valence-corrected chi connectivity index (χ4v) is 4.78. The zero-order valence-electron chi connectivity index (χ0n) is 12.5. The molecule has 0 radical (unpaired) electrons. The molecule has 0 saturated heterocycles. The number of likely N-dealkylation sites (N-methyl/N-ethyl adjacent to an activating group) is 1. The zero-order chi connectivity index (χ0) is 15.1. The fraction of sp³-hybridized carbons (Fsp3) is 0.769. The summed E-state index contributed by atoms with van der Waals surface area (Å²) in [6.45, 7) is 3.45. The van der Waals surface area contributed by atoms with E-state index in [0.717, 1.165) is 12.8 Å². The van der Waals surface area contributed by atoms with Crippen LogP contribution in [0.3, 0.4) is 0 Å². The van der Waals surface area contributed by atoms with E-state index in [-0.39, 0.29) is 10.9 Å². The number of hydrogen-bond donors (Lipinski definition) is 1. The summed E-state index contributed by atoms with van der Waals surface area (Å²) in [6.07, 6.45) is 2.69. The summed E-state index contributed by atoms with van der Waals surface area (Å²) in [5.41, 5.74) is 1.13. The van der Waals surface area contributed by atoms with E-state index in [2.05, 4.69) is 5.10 Å². The lowest BCUT2D eigenvalue weighted by molar-refractivity contribution is 0.0637. The first-order valence-electron chi connectivity index (χ1n) is 6.93. The third-order valence-electron chi connectivity index (χ3n) is 4.24. The molecule has 0 aliphatic heterocycles. The Morgan fingerprint density at radius 3 is 2.40 bits per heavy atom. The van der Waals surface area contributed by atoms with Crippen LogP contribution >= 0.6 is 0 Å². The minimum absolute atomic E-state index is 0.264. The minimum atomic E-state index is -3.62. The standard InChI is InChI=1S/C13H23N3O3S/c1-9-13(10(2)15(3)14-9)20(18,19)16(4)11-7-5-6-8-12(11)17/h11-12,17H,5-8H2,1-4H3. The highest BCUT2D eigenvalue weighted by Gasteiger charge is 2.36. The van der Waals surface area contributed by atoms with Gasteiger partial charge in [0.2, 0.25) is 10.0 Å². The lowest BCUT2D eigenvalue weighted by Gasteiger charge is -2.34. The molecule has 7 heteroatoms. The Balaban J connectivity index is 2.39. The highest BCUT2D eigenvalue weighted by atomic mass is 32.2. The summed E-state index contributed by atoms with van der Waals surface area (Å²) in [5.74, 6) is 0. The summed E-state index contributed by atoms with van der Waals surface area (Å²) < 4.78 is 28.5. The molecule has 0 amide bonds. The van der Waals surface area contributed by atoms with Crippen molar-refractivity contribution in [1.29, 1.82) is 0 Å². The second-order valence-electron chi connectivity index (χ2n) is 5.56. The van der Waals surface area contributed by atoms with Crippen molar-refractivity contribution in [2.24, 2.45) is 7.05 Å².